The van der Waals surface area contributed by atoms with Crippen LogP contribution in [0.2, 0.25) is 0 Å². The van der Waals surface area contributed by atoms with Gasteiger partial charge in [0, 0.05) is 17.1 Å². The first kappa shape index (κ1) is 13.8. The van der Waals surface area contributed by atoms with Crippen LogP contribution >= 0.6 is 0 Å². The number of nitrogens with two attached hydrogens (primary N) is 1. The first-order valence-electron chi connectivity index (χ1n) is 6.49. The number of hydrogen-bond donors (Lipinski definition) is 2. The highest BCUT2D eigenvalue weighted by Crippen LogP contribution is 2.23. The van der Waals surface area contributed by atoms with Crippen molar-refractivity contribution in [2.75, 3.05) is 13.2 Å². The molecule has 2 rings (SSSR count). The second-order valence-electron chi connectivity index (χ2n) is 5.09. The maximum absolute atomic E-state index is 9.08. The summed E-state index contributed by atoms with van der Waals surface area (Å²) in [5, 5.41) is 10.1. The van der Waals surface area contributed by atoms with Gasteiger partial charge >= 0.3 is 0 Å². The van der Waals surface area contributed by atoms with Crippen molar-refractivity contribution in [3.63, 3.8) is 0 Å². The van der Waals surface area contributed by atoms with Crippen LogP contribution in [0.1, 0.15) is 19.8 Å². The van der Waals surface area contributed by atoms with Gasteiger partial charge in [-0.25, -0.2) is 0 Å². The predicted molar refractivity (Wildman–Crippen MR) is 76.2 cm³/mol. The summed E-state index contributed by atoms with van der Waals surface area (Å²) in [7, 11) is 0. The molecule has 2 aromatic rings. The number of ether oxygens (including phenoxy) is 1. The van der Waals surface area contributed by atoms with E-state index >= 15 is 0 Å². The summed E-state index contributed by atoms with van der Waals surface area (Å²) < 4.78 is 5.78. The minimum absolute atomic E-state index is 0.00874. The fraction of sp³-hybridized carbons (Fsp3) is 0.400. The van der Waals surface area contributed by atoms with Gasteiger partial charge in [0.05, 0.1) is 18.7 Å². The van der Waals surface area contributed by atoms with Gasteiger partial charge in [-0.05, 0) is 44.0 Å². The lowest BCUT2D eigenvalue weighted by atomic mass is 9.99. The first-order chi connectivity index (χ1) is 9.12. The molecule has 1 atom stereocenters. The number of hydrogen-bond acceptors (Lipinski definition) is 4. The zero-order valence-electron chi connectivity index (χ0n) is 11.2. The van der Waals surface area contributed by atoms with Crippen LogP contribution in [0.5, 0.6) is 5.75 Å². The molecule has 0 fully saturated rings. The molecule has 0 radical (unpaired) electrons. The Labute approximate surface area is 113 Å². The van der Waals surface area contributed by atoms with E-state index in [2.05, 4.69) is 4.98 Å². The molecular weight excluding hydrogens is 240 g/mol. The average Bonchev–Trinajstić information content (AvgIpc) is 2.44. The van der Waals surface area contributed by atoms with E-state index in [1.54, 1.807) is 6.20 Å². The molecule has 0 saturated heterocycles. The van der Waals surface area contributed by atoms with Crippen molar-refractivity contribution in [2.45, 2.75) is 25.3 Å². The van der Waals surface area contributed by atoms with Gasteiger partial charge in [-0.2, -0.15) is 0 Å². The van der Waals surface area contributed by atoms with E-state index < -0.39 is 5.54 Å². The number of aromatic nitrogens is 1. The van der Waals surface area contributed by atoms with Crippen molar-refractivity contribution in [3.8, 4) is 5.75 Å². The van der Waals surface area contributed by atoms with Gasteiger partial charge < -0.3 is 15.6 Å². The number of benzene rings is 1. The number of rotatable bonds is 6. The molecule has 19 heavy (non-hydrogen) atoms. The van der Waals surface area contributed by atoms with Crippen LogP contribution in [0, 0.1) is 0 Å². The highest BCUT2D eigenvalue weighted by atomic mass is 16.5. The molecule has 0 saturated carbocycles. The molecule has 4 nitrogen and oxygen atoms in total. The van der Waals surface area contributed by atoms with E-state index in [-0.39, 0.29) is 6.61 Å². The van der Waals surface area contributed by atoms with E-state index in [0.717, 1.165) is 29.5 Å². The molecule has 0 aliphatic heterocycles. The molecule has 0 aliphatic carbocycles. The number of nitrogens with zero attached hydrogens (tertiary/aromatic N) is 1. The van der Waals surface area contributed by atoms with E-state index in [4.69, 9.17) is 15.6 Å². The molecule has 4 heteroatoms. The minimum Gasteiger partial charge on any atom is -0.493 e. The Bertz CT molecular complexity index is 535. The van der Waals surface area contributed by atoms with E-state index in [1.165, 1.54) is 0 Å². The average molecular weight is 260 g/mol. The molecule has 0 aliphatic rings. The van der Waals surface area contributed by atoms with Crippen LogP contribution in [-0.4, -0.2) is 28.8 Å². The highest BCUT2D eigenvalue weighted by molar-refractivity contribution is 5.84. The molecule has 0 amide bonds. The minimum atomic E-state index is -0.524. The Balaban J connectivity index is 1.95. The Morgan fingerprint density at radius 3 is 2.95 bits per heavy atom. The fourth-order valence-electron chi connectivity index (χ4n) is 1.94. The van der Waals surface area contributed by atoms with Gasteiger partial charge in [-0.15, -0.1) is 0 Å². The van der Waals surface area contributed by atoms with E-state index in [0.29, 0.717) is 6.61 Å². The second-order valence-corrected chi connectivity index (χ2v) is 5.09. The Morgan fingerprint density at radius 1 is 1.32 bits per heavy atom. The lowest BCUT2D eigenvalue weighted by Crippen LogP contribution is -2.40. The maximum Gasteiger partial charge on any atom is 0.128 e. The van der Waals surface area contributed by atoms with Crippen molar-refractivity contribution < 1.29 is 9.84 Å². The largest absolute Gasteiger partial charge is 0.493 e. The monoisotopic (exact) mass is 260 g/mol. The van der Waals surface area contributed by atoms with Crippen molar-refractivity contribution in [1.82, 2.24) is 4.98 Å². The zero-order valence-corrected chi connectivity index (χ0v) is 11.2. The third-order valence-electron chi connectivity index (χ3n) is 3.12. The molecule has 1 aromatic carbocycles. The van der Waals surface area contributed by atoms with Gasteiger partial charge in [0.1, 0.15) is 5.75 Å². The molecular formula is C15H20N2O2. The van der Waals surface area contributed by atoms with Crippen molar-refractivity contribution >= 4 is 10.9 Å². The van der Waals surface area contributed by atoms with Crippen LogP contribution in [0.15, 0.2) is 36.5 Å². The summed E-state index contributed by atoms with van der Waals surface area (Å²) in [6, 6.07) is 9.74. The van der Waals surface area contributed by atoms with Crippen molar-refractivity contribution in [3.05, 3.63) is 36.5 Å². The molecule has 102 valence electrons. The molecule has 1 heterocycles. The van der Waals surface area contributed by atoms with Gasteiger partial charge in [-0.3, -0.25) is 4.98 Å². The van der Waals surface area contributed by atoms with Crippen LogP contribution in [0.3, 0.4) is 0 Å². The predicted octanol–water partition coefficient (Wildman–Crippen LogP) is 2.10. The van der Waals surface area contributed by atoms with E-state index in [1.807, 2.05) is 37.3 Å². The van der Waals surface area contributed by atoms with Crippen LogP contribution in [0.4, 0.5) is 0 Å². The van der Waals surface area contributed by atoms with Gasteiger partial charge in [0.2, 0.25) is 0 Å². The Kier molecular flexibility index (Phi) is 4.35. The third-order valence-corrected chi connectivity index (χ3v) is 3.12. The summed E-state index contributed by atoms with van der Waals surface area (Å²) in [4.78, 5) is 4.29. The lowest BCUT2D eigenvalue weighted by molar-refractivity contribution is 0.189. The normalized spacial score (nSPS) is 14.3. The molecule has 1 unspecified atom stereocenters. The summed E-state index contributed by atoms with van der Waals surface area (Å²) in [5.41, 5.74) is 6.28. The zero-order chi connectivity index (χ0) is 13.7. The number of pyridine rings is 1. The molecule has 0 spiro atoms. The summed E-state index contributed by atoms with van der Waals surface area (Å²) in [5.74, 6) is 0.841. The van der Waals surface area contributed by atoms with E-state index in [9.17, 15) is 0 Å². The Hall–Kier alpha value is -1.65. The maximum atomic E-state index is 9.08. The Morgan fingerprint density at radius 2 is 2.16 bits per heavy atom. The SMILES string of the molecule is CC(N)(CO)CCCOc1cccc2ncccc12. The molecule has 0 bridgehead atoms. The summed E-state index contributed by atoms with van der Waals surface area (Å²) in [6.07, 6.45) is 3.31. The number of fused-ring (bicyclic) bond motifs is 1. The lowest BCUT2D eigenvalue weighted by Gasteiger charge is -2.21. The third kappa shape index (κ3) is 3.66. The molecule has 1 aromatic heterocycles. The number of aliphatic hydroxyl groups is 1. The van der Waals surface area contributed by atoms with Crippen molar-refractivity contribution in [2.24, 2.45) is 5.73 Å². The van der Waals surface area contributed by atoms with Gasteiger partial charge in [0.15, 0.2) is 0 Å². The van der Waals surface area contributed by atoms with Gasteiger partial charge in [0.25, 0.3) is 0 Å². The quantitative estimate of drug-likeness (QED) is 0.780. The standard InChI is InChI=1S/C15H20N2O2/c1-15(16,11-18)8-4-10-19-14-7-2-6-13-12(14)5-3-9-17-13/h2-3,5-7,9,18H,4,8,10-11,16H2,1H3. The summed E-state index contributed by atoms with van der Waals surface area (Å²) in [6.45, 7) is 2.42. The van der Waals surface area contributed by atoms with Gasteiger partial charge in [-0.1, -0.05) is 6.07 Å². The van der Waals surface area contributed by atoms with Crippen LogP contribution in [0.25, 0.3) is 10.9 Å². The summed E-state index contributed by atoms with van der Waals surface area (Å²) >= 11 is 0. The van der Waals surface area contributed by atoms with Crippen LogP contribution < -0.4 is 10.5 Å². The van der Waals surface area contributed by atoms with Crippen molar-refractivity contribution in [1.29, 1.82) is 0 Å². The topological polar surface area (TPSA) is 68.4 Å². The first-order valence-corrected chi connectivity index (χ1v) is 6.49. The smallest absolute Gasteiger partial charge is 0.128 e. The fourth-order valence-corrected chi connectivity index (χ4v) is 1.94. The van der Waals surface area contributed by atoms with Crippen LogP contribution in [-0.2, 0) is 0 Å². The number of aliphatic hydroxyl groups excluding tert-OH is 1. The molecule has 3 N–H and O–H groups in total. The second kappa shape index (κ2) is 5.99. The highest BCUT2D eigenvalue weighted by Gasteiger charge is 2.16.